The van der Waals surface area contributed by atoms with Gasteiger partial charge < -0.3 is 20.3 Å². The van der Waals surface area contributed by atoms with Crippen LogP contribution in [0.15, 0.2) is 48.8 Å². The number of benzene rings is 1. The Hall–Kier alpha value is -3.83. The predicted octanol–water partition coefficient (Wildman–Crippen LogP) is 3.59. The fourth-order valence-corrected chi connectivity index (χ4v) is 5.04. The van der Waals surface area contributed by atoms with Crippen LogP contribution in [-0.2, 0) is 30.5 Å². The molecule has 1 aliphatic heterocycles. The zero-order chi connectivity index (χ0) is 29.6. The van der Waals surface area contributed by atoms with E-state index in [1.807, 2.05) is 30.3 Å². The molecule has 1 saturated heterocycles. The highest BCUT2D eigenvalue weighted by Gasteiger charge is 2.25. The third-order valence-corrected chi connectivity index (χ3v) is 7.50. The molecule has 226 valence electrons. The van der Waals surface area contributed by atoms with E-state index in [0.29, 0.717) is 37.1 Å². The van der Waals surface area contributed by atoms with Crippen molar-refractivity contribution in [3.8, 4) is 0 Å². The lowest BCUT2D eigenvalue weighted by atomic mass is 9.89. The fourth-order valence-electron chi connectivity index (χ4n) is 5.04. The summed E-state index contributed by atoms with van der Waals surface area (Å²) in [6, 6.07) is 8.90. The number of anilines is 1. The van der Waals surface area contributed by atoms with Crippen LogP contribution < -0.4 is 16.1 Å². The first-order valence-electron chi connectivity index (χ1n) is 14.9. The number of nitrogens with one attached hydrogen (secondary N) is 3. The second kappa shape index (κ2) is 16.6. The number of rotatable bonds is 13. The van der Waals surface area contributed by atoms with Crippen LogP contribution in [-0.4, -0.2) is 65.1 Å². The van der Waals surface area contributed by atoms with Gasteiger partial charge >= 0.3 is 0 Å². The van der Waals surface area contributed by atoms with Gasteiger partial charge in [-0.15, -0.1) is 0 Å². The third-order valence-electron chi connectivity index (χ3n) is 7.50. The monoisotopic (exact) mass is 578 g/mol. The smallest absolute Gasteiger partial charge is 0.267 e. The minimum Gasteiger partial charge on any atom is -0.357 e. The zero-order valence-corrected chi connectivity index (χ0v) is 24.3. The molecule has 11 heteroatoms. The van der Waals surface area contributed by atoms with Gasteiger partial charge in [-0.25, -0.2) is 15.3 Å². The molecule has 1 aromatic heterocycles. The Bertz CT molecular complexity index is 1160. The summed E-state index contributed by atoms with van der Waals surface area (Å²) in [6.45, 7) is 1.66. The van der Waals surface area contributed by atoms with Gasteiger partial charge in [0.05, 0.1) is 24.5 Å². The van der Waals surface area contributed by atoms with E-state index in [2.05, 4.69) is 26.1 Å². The number of amides is 3. The first-order chi connectivity index (χ1) is 20.5. The number of ether oxygens (including phenoxy) is 1. The third kappa shape index (κ3) is 10.5. The van der Waals surface area contributed by atoms with Gasteiger partial charge in [0.1, 0.15) is 11.9 Å². The highest BCUT2D eigenvalue weighted by Crippen LogP contribution is 2.23. The molecule has 42 heavy (non-hydrogen) atoms. The number of carbonyl (C=O) groups excluding carboxylic acids is 3. The maximum atomic E-state index is 13.3. The zero-order valence-electron chi connectivity index (χ0n) is 24.3. The van der Waals surface area contributed by atoms with Crippen LogP contribution >= 0.6 is 0 Å². The standard InChI is InChI=1S/C31H42N6O5/c1-37(22-24-12-6-3-7-13-24)29(39)18-26(31(40)34-19-23-10-4-2-5-11-23)35-27-21-32-25(20-33-27)15-16-28(38)36-42-30-14-8-9-17-41-30/h3,6-7,12-13,15-16,20-21,23,26,30H,2,4-5,8-11,14,17-19,22H2,1H3,(H,33,35)(H,34,40)(H,36,38)/b16-15+. The van der Waals surface area contributed by atoms with Crippen LogP contribution in [0.4, 0.5) is 5.82 Å². The molecule has 0 radical (unpaired) electrons. The van der Waals surface area contributed by atoms with E-state index in [0.717, 1.165) is 37.7 Å². The topological polar surface area (TPSA) is 135 Å². The van der Waals surface area contributed by atoms with Crippen molar-refractivity contribution in [1.29, 1.82) is 0 Å². The van der Waals surface area contributed by atoms with E-state index >= 15 is 0 Å². The molecule has 2 aliphatic rings. The first kappa shape index (κ1) is 31.1. The summed E-state index contributed by atoms with van der Waals surface area (Å²) in [4.78, 5) is 54.0. The normalized spacial score (nSPS) is 18.3. The fraction of sp³-hybridized carbons (Fsp3) is 0.516. The second-order valence-corrected chi connectivity index (χ2v) is 10.9. The molecule has 2 unspecified atom stereocenters. The molecule has 0 bridgehead atoms. The van der Waals surface area contributed by atoms with Crippen molar-refractivity contribution < 1.29 is 24.0 Å². The summed E-state index contributed by atoms with van der Waals surface area (Å²) in [6.07, 6.45) is 13.8. The van der Waals surface area contributed by atoms with Crippen LogP contribution in [0.5, 0.6) is 0 Å². The van der Waals surface area contributed by atoms with Gasteiger partial charge in [0.25, 0.3) is 5.91 Å². The largest absolute Gasteiger partial charge is 0.357 e. The van der Waals surface area contributed by atoms with Crippen LogP contribution in [0, 0.1) is 5.92 Å². The van der Waals surface area contributed by atoms with Crippen LogP contribution in [0.3, 0.4) is 0 Å². The van der Waals surface area contributed by atoms with E-state index in [4.69, 9.17) is 9.57 Å². The average Bonchev–Trinajstić information content (AvgIpc) is 3.03. The van der Waals surface area contributed by atoms with Gasteiger partial charge in [0.2, 0.25) is 11.8 Å². The predicted molar refractivity (Wildman–Crippen MR) is 158 cm³/mol. The van der Waals surface area contributed by atoms with Gasteiger partial charge in [0, 0.05) is 39.2 Å². The Labute approximate surface area is 247 Å². The van der Waals surface area contributed by atoms with E-state index < -0.39 is 18.2 Å². The number of hydrogen-bond acceptors (Lipinski definition) is 8. The summed E-state index contributed by atoms with van der Waals surface area (Å²) in [7, 11) is 1.73. The van der Waals surface area contributed by atoms with Gasteiger partial charge in [0.15, 0.2) is 6.29 Å². The number of nitrogens with zero attached hydrogens (tertiary/aromatic N) is 3. The lowest BCUT2D eigenvalue weighted by Gasteiger charge is -2.25. The maximum absolute atomic E-state index is 13.3. The molecule has 4 rings (SSSR count). The van der Waals surface area contributed by atoms with E-state index in [-0.39, 0.29) is 18.2 Å². The van der Waals surface area contributed by atoms with Crippen LogP contribution in [0.1, 0.15) is 69.0 Å². The lowest BCUT2D eigenvalue weighted by molar-refractivity contribution is -0.198. The average molecular weight is 579 g/mol. The number of hydroxylamine groups is 1. The first-order valence-corrected chi connectivity index (χ1v) is 14.9. The molecule has 1 aliphatic carbocycles. The van der Waals surface area contributed by atoms with E-state index in [1.165, 1.54) is 43.8 Å². The Balaban J connectivity index is 1.33. The van der Waals surface area contributed by atoms with Crippen LogP contribution in [0.2, 0.25) is 0 Å². The SMILES string of the molecule is CN(Cc1ccccc1)C(=O)CC(Nc1cnc(/C=C/C(=O)NOC2CCCCO2)cn1)C(=O)NCC1CCCCC1. The Morgan fingerprint density at radius 2 is 1.83 bits per heavy atom. The van der Waals surface area contributed by atoms with Crippen molar-refractivity contribution in [1.82, 2.24) is 25.7 Å². The molecule has 2 heterocycles. The summed E-state index contributed by atoms with van der Waals surface area (Å²) in [5.74, 6) is -0.0369. The van der Waals surface area contributed by atoms with Gasteiger partial charge in [-0.1, -0.05) is 49.6 Å². The van der Waals surface area contributed by atoms with E-state index in [1.54, 1.807) is 11.9 Å². The van der Waals surface area contributed by atoms with E-state index in [9.17, 15) is 14.4 Å². The number of aromatic nitrogens is 2. The number of carbonyl (C=O) groups is 3. The Morgan fingerprint density at radius 1 is 1.05 bits per heavy atom. The molecule has 1 aromatic carbocycles. The molecule has 3 N–H and O–H groups in total. The molecular formula is C31H42N6O5. The summed E-state index contributed by atoms with van der Waals surface area (Å²) < 4.78 is 5.42. The quantitative estimate of drug-likeness (QED) is 0.243. The Morgan fingerprint density at radius 3 is 2.55 bits per heavy atom. The Kier molecular flexibility index (Phi) is 12.3. The van der Waals surface area contributed by atoms with Crippen LogP contribution in [0.25, 0.3) is 6.08 Å². The van der Waals surface area contributed by atoms with Crippen molar-refractivity contribution in [2.45, 2.75) is 76.7 Å². The highest BCUT2D eigenvalue weighted by molar-refractivity contribution is 5.91. The van der Waals surface area contributed by atoms with Gasteiger partial charge in [-0.05, 0) is 43.2 Å². The lowest BCUT2D eigenvalue weighted by Crippen LogP contribution is -2.44. The van der Waals surface area contributed by atoms with Crippen molar-refractivity contribution in [2.75, 3.05) is 25.5 Å². The summed E-state index contributed by atoms with van der Waals surface area (Å²) >= 11 is 0. The molecule has 0 spiro atoms. The van der Waals surface area contributed by atoms with Gasteiger partial charge in [-0.3, -0.25) is 19.4 Å². The van der Waals surface area contributed by atoms with Crippen molar-refractivity contribution in [3.63, 3.8) is 0 Å². The second-order valence-electron chi connectivity index (χ2n) is 10.9. The van der Waals surface area contributed by atoms with Crippen molar-refractivity contribution in [2.24, 2.45) is 5.92 Å². The molecule has 2 aromatic rings. The van der Waals surface area contributed by atoms with Crippen molar-refractivity contribution >= 4 is 29.6 Å². The molecule has 1 saturated carbocycles. The summed E-state index contributed by atoms with van der Waals surface area (Å²) in [5, 5.41) is 6.14. The van der Waals surface area contributed by atoms with Crippen molar-refractivity contribution in [3.05, 3.63) is 60.1 Å². The maximum Gasteiger partial charge on any atom is 0.267 e. The number of hydrogen-bond donors (Lipinski definition) is 3. The molecule has 2 atom stereocenters. The highest BCUT2D eigenvalue weighted by atomic mass is 16.8. The molecule has 3 amide bonds. The molecular weight excluding hydrogens is 536 g/mol. The molecule has 11 nitrogen and oxygen atoms in total. The minimum atomic E-state index is -0.820. The molecule has 2 fully saturated rings. The van der Waals surface area contributed by atoms with Gasteiger partial charge in [-0.2, -0.15) is 0 Å². The summed E-state index contributed by atoms with van der Waals surface area (Å²) in [5.41, 5.74) is 3.82. The minimum absolute atomic E-state index is 0.0337.